The molecule has 2 heterocycles. The van der Waals surface area contributed by atoms with Crippen molar-refractivity contribution < 1.29 is 4.79 Å². The van der Waals surface area contributed by atoms with Gasteiger partial charge in [-0.05, 0) is 19.3 Å². The third-order valence-corrected chi connectivity index (χ3v) is 3.23. The summed E-state index contributed by atoms with van der Waals surface area (Å²) in [5.41, 5.74) is 1.85. The number of carbonyl (C=O) groups excluding carboxylic acids is 1. The summed E-state index contributed by atoms with van der Waals surface area (Å²) < 4.78 is 1.74. The minimum Gasteiger partial charge on any atom is -0.353 e. The number of hydrogen-bond donors (Lipinski definition) is 2. The van der Waals surface area contributed by atoms with Crippen molar-refractivity contribution in [2.75, 3.05) is 0 Å². The Morgan fingerprint density at radius 1 is 1.56 bits per heavy atom. The number of nitrogens with one attached hydrogen (secondary N) is 2. The molecule has 1 fully saturated rings. The van der Waals surface area contributed by atoms with Crippen molar-refractivity contribution in [1.82, 2.24) is 20.4 Å². The molecule has 0 bridgehead atoms. The number of carbonyl (C=O) groups is 1. The monoisotopic (exact) mass is 247 g/mol. The summed E-state index contributed by atoms with van der Waals surface area (Å²) in [6, 6.07) is 0.0391. The van der Waals surface area contributed by atoms with Crippen LogP contribution in [0.25, 0.3) is 0 Å². The molecule has 0 spiro atoms. The molecular weight excluding hydrogens is 230 g/mol. The maximum atomic E-state index is 12.0. The van der Waals surface area contributed by atoms with Crippen LogP contribution in [0.2, 0.25) is 0 Å². The van der Waals surface area contributed by atoms with Crippen LogP contribution in [0.1, 0.15) is 37.1 Å². The first-order chi connectivity index (χ1) is 8.67. The molecule has 1 unspecified atom stereocenters. The Bertz CT molecular complexity index is 515. The van der Waals surface area contributed by atoms with Crippen LogP contribution in [0.3, 0.4) is 0 Å². The molecule has 1 aliphatic carbocycles. The van der Waals surface area contributed by atoms with Gasteiger partial charge in [0, 0.05) is 24.8 Å². The van der Waals surface area contributed by atoms with E-state index in [1.54, 1.807) is 4.68 Å². The maximum Gasteiger partial charge on any atom is 0.256 e. The van der Waals surface area contributed by atoms with E-state index in [4.69, 9.17) is 0 Å². The summed E-state index contributed by atoms with van der Waals surface area (Å²) in [6.07, 6.45) is 5.01. The van der Waals surface area contributed by atoms with Crippen LogP contribution in [0.5, 0.6) is 0 Å². The van der Waals surface area contributed by atoms with Crippen molar-refractivity contribution in [3.63, 3.8) is 0 Å². The van der Waals surface area contributed by atoms with Gasteiger partial charge in [0.15, 0.2) is 12.0 Å². The lowest BCUT2D eigenvalue weighted by atomic mass is 10.1. The fourth-order valence-electron chi connectivity index (χ4n) is 2.17. The third-order valence-electron chi connectivity index (χ3n) is 3.23. The van der Waals surface area contributed by atoms with Crippen molar-refractivity contribution in [2.45, 2.75) is 38.3 Å². The van der Waals surface area contributed by atoms with Gasteiger partial charge in [0.05, 0.1) is 5.69 Å². The molecule has 1 amide bonds. The van der Waals surface area contributed by atoms with E-state index in [1.807, 2.05) is 20.2 Å². The molecule has 1 aromatic rings. The first kappa shape index (κ1) is 11.3. The highest BCUT2D eigenvalue weighted by Gasteiger charge is 2.33. The number of guanidine groups is 1. The van der Waals surface area contributed by atoms with E-state index in [0.717, 1.165) is 30.5 Å². The van der Waals surface area contributed by atoms with Crippen molar-refractivity contribution in [3.8, 4) is 0 Å². The van der Waals surface area contributed by atoms with Crippen molar-refractivity contribution >= 4 is 11.9 Å². The second-order valence-electron chi connectivity index (χ2n) is 4.85. The zero-order chi connectivity index (χ0) is 12.7. The number of aryl methyl sites for hydroxylation is 2. The number of aliphatic imine (C=N–C) groups is 1. The summed E-state index contributed by atoms with van der Waals surface area (Å²) in [7, 11) is 1.86. The molecule has 0 aromatic carbocycles. The molecule has 1 aromatic heterocycles. The lowest BCUT2D eigenvalue weighted by molar-refractivity contribution is -0.120. The second-order valence-corrected chi connectivity index (χ2v) is 4.85. The van der Waals surface area contributed by atoms with Gasteiger partial charge in [-0.15, -0.1) is 0 Å². The van der Waals surface area contributed by atoms with Gasteiger partial charge < -0.3 is 5.32 Å². The van der Waals surface area contributed by atoms with Gasteiger partial charge in [0.25, 0.3) is 5.91 Å². The van der Waals surface area contributed by atoms with Crippen LogP contribution in [0, 0.1) is 0 Å². The molecule has 1 atom stereocenters. The molecule has 2 N–H and O–H groups in total. The highest BCUT2D eigenvalue weighted by molar-refractivity contribution is 6.05. The van der Waals surface area contributed by atoms with Gasteiger partial charge in [0.2, 0.25) is 0 Å². The SMILES string of the molecule is CCc1nn(C)cc1C1N=C(NC2CC2)NC1=O. The molecule has 3 rings (SSSR count). The molecule has 2 aliphatic rings. The maximum absolute atomic E-state index is 12.0. The van der Waals surface area contributed by atoms with E-state index in [-0.39, 0.29) is 5.91 Å². The van der Waals surface area contributed by atoms with Gasteiger partial charge in [-0.2, -0.15) is 5.10 Å². The van der Waals surface area contributed by atoms with E-state index in [2.05, 4.69) is 20.7 Å². The van der Waals surface area contributed by atoms with E-state index >= 15 is 0 Å². The predicted molar refractivity (Wildman–Crippen MR) is 67.1 cm³/mol. The van der Waals surface area contributed by atoms with Crippen LogP contribution >= 0.6 is 0 Å². The van der Waals surface area contributed by atoms with Crippen molar-refractivity contribution in [3.05, 3.63) is 17.5 Å². The van der Waals surface area contributed by atoms with Gasteiger partial charge >= 0.3 is 0 Å². The fourth-order valence-corrected chi connectivity index (χ4v) is 2.17. The summed E-state index contributed by atoms with van der Waals surface area (Å²) in [5, 5.41) is 10.4. The summed E-state index contributed by atoms with van der Waals surface area (Å²) in [4.78, 5) is 16.4. The predicted octanol–water partition coefficient (Wildman–Crippen LogP) is 0.261. The molecule has 96 valence electrons. The minimum atomic E-state index is -0.449. The van der Waals surface area contributed by atoms with Crippen LogP contribution in [-0.4, -0.2) is 27.7 Å². The molecular formula is C12H17N5O. The van der Waals surface area contributed by atoms with Crippen molar-refractivity contribution in [2.24, 2.45) is 12.0 Å². The van der Waals surface area contributed by atoms with Crippen molar-refractivity contribution in [1.29, 1.82) is 0 Å². The zero-order valence-electron chi connectivity index (χ0n) is 10.6. The smallest absolute Gasteiger partial charge is 0.256 e. The number of nitrogens with zero attached hydrogens (tertiary/aromatic N) is 3. The zero-order valence-corrected chi connectivity index (χ0v) is 10.6. The minimum absolute atomic E-state index is 0.0687. The Morgan fingerprint density at radius 2 is 2.33 bits per heavy atom. The Hall–Kier alpha value is -1.85. The Labute approximate surface area is 105 Å². The second kappa shape index (κ2) is 4.12. The van der Waals surface area contributed by atoms with Gasteiger partial charge in [-0.3, -0.25) is 14.8 Å². The number of hydrogen-bond acceptors (Lipinski definition) is 4. The standard InChI is InChI=1S/C12H17N5O/c1-3-9-8(6-17(2)16-9)10-11(18)15-12(14-10)13-7-4-5-7/h6-7,10H,3-5H2,1-2H3,(H2,13,14,15,18). The first-order valence-electron chi connectivity index (χ1n) is 6.35. The van der Waals surface area contributed by atoms with E-state index in [1.165, 1.54) is 0 Å². The fraction of sp³-hybridized carbons (Fsp3) is 0.583. The van der Waals surface area contributed by atoms with Gasteiger partial charge in [0.1, 0.15) is 0 Å². The Kier molecular flexibility index (Phi) is 2.57. The highest BCUT2D eigenvalue weighted by Crippen LogP contribution is 2.25. The molecule has 0 radical (unpaired) electrons. The van der Waals surface area contributed by atoms with Gasteiger partial charge in [-0.1, -0.05) is 6.92 Å². The quantitative estimate of drug-likeness (QED) is 0.805. The Morgan fingerprint density at radius 3 is 3.00 bits per heavy atom. The van der Waals surface area contributed by atoms with E-state index in [9.17, 15) is 4.79 Å². The average Bonchev–Trinajstić information content (AvgIpc) is 2.95. The normalized spacial score (nSPS) is 22.9. The molecule has 1 aliphatic heterocycles. The lowest BCUT2D eigenvalue weighted by Gasteiger charge is -2.02. The molecule has 6 heteroatoms. The van der Waals surface area contributed by atoms with E-state index < -0.39 is 6.04 Å². The molecule has 1 saturated carbocycles. The summed E-state index contributed by atoms with van der Waals surface area (Å²) in [5.74, 6) is 0.541. The molecule has 6 nitrogen and oxygen atoms in total. The number of aromatic nitrogens is 2. The largest absolute Gasteiger partial charge is 0.353 e. The summed E-state index contributed by atoms with van der Waals surface area (Å²) >= 11 is 0. The Balaban J connectivity index is 1.85. The third kappa shape index (κ3) is 1.98. The van der Waals surface area contributed by atoms with Crippen LogP contribution in [0.15, 0.2) is 11.2 Å². The molecule has 0 saturated heterocycles. The average molecular weight is 247 g/mol. The van der Waals surface area contributed by atoms with Gasteiger partial charge in [-0.25, -0.2) is 4.99 Å². The van der Waals surface area contributed by atoms with Crippen LogP contribution in [0.4, 0.5) is 0 Å². The van der Waals surface area contributed by atoms with E-state index in [0.29, 0.717) is 12.0 Å². The molecule has 18 heavy (non-hydrogen) atoms. The van der Waals surface area contributed by atoms with Crippen LogP contribution in [-0.2, 0) is 18.3 Å². The topological polar surface area (TPSA) is 71.3 Å². The number of amides is 1. The number of rotatable bonds is 3. The summed E-state index contributed by atoms with van der Waals surface area (Å²) in [6.45, 7) is 2.03. The first-order valence-corrected chi connectivity index (χ1v) is 6.35. The highest BCUT2D eigenvalue weighted by atomic mass is 16.2. The lowest BCUT2D eigenvalue weighted by Crippen LogP contribution is -2.37. The van der Waals surface area contributed by atoms with Crippen LogP contribution < -0.4 is 10.6 Å².